The van der Waals surface area contributed by atoms with E-state index in [0.29, 0.717) is 29.5 Å². The van der Waals surface area contributed by atoms with E-state index in [1.54, 1.807) is 25.1 Å². The van der Waals surface area contributed by atoms with Gasteiger partial charge in [-0.15, -0.1) is 0 Å². The predicted octanol–water partition coefficient (Wildman–Crippen LogP) is 2.34. The highest BCUT2D eigenvalue weighted by molar-refractivity contribution is 7.89. The Morgan fingerprint density at radius 3 is 2.71 bits per heavy atom. The molecule has 116 valence electrons. The zero-order valence-corrected chi connectivity index (χ0v) is 14.1. The Morgan fingerprint density at radius 1 is 1.43 bits per heavy atom. The summed E-state index contributed by atoms with van der Waals surface area (Å²) in [5.41, 5.74) is 6.85. The van der Waals surface area contributed by atoms with Crippen molar-refractivity contribution in [3.05, 3.63) is 29.3 Å². The van der Waals surface area contributed by atoms with Crippen LogP contribution in [0, 0.1) is 18.8 Å². The van der Waals surface area contributed by atoms with Gasteiger partial charge in [-0.1, -0.05) is 37.7 Å². The van der Waals surface area contributed by atoms with Crippen molar-refractivity contribution < 1.29 is 8.42 Å². The van der Waals surface area contributed by atoms with Crippen molar-refractivity contribution >= 4 is 27.2 Å². The molecule has 0 heterocycles. The van der Waals surface area contributed by atoms with Gasteiger partial charge in [-0.3, -0.25) is 0 Å². The van der Waals surface area contributed by atoms with Gasteiger partial charge in [0.05, 0.1) is 4.90 Å². The lowest BCUT2D eigenvalue weighted by Gasteiger charge is -2.14. The molecule has 0 aliphatic heterocycles. The lowest BCUT2D eigenvalue weighted by molar-refractivity contribution is 0.498. The molecule has 1 aliphatic rings. The predicted molar refractivity (Wildman–Crippen MR) is 88.8 cm³/mol. The van der Waals surface area contributed by atoms with E-state index in [-0.39, 0.29) is 9.88 Å². The van der Waals surface area contributed by atoms with E-state index >= 15 is 0 Å². The van der Waals surface area contributed by atoms with Gasteiger partial charge in [0.1, 0.15) is 4.99 Å². The third-order valence-corrected chi connectivity index (χ3v) is 5.93. The van der Waals surface area contributed by atoms with E-state index in [0.717, 1.165) is 12.8 Å². The maximum Gasteiger partial charge on any atom is 0.240 e. The van der Waals surface area contributed by atoms with Crippen molar-refractivity contribution in [2.75, 3.05) is 6.54 Å². The van der Waals surface area contributed by atoms with E-state index in [1.165, 1.54) is 6.42 Å². The van der Waals surface area contributed by atoms with Gasteiger partial charge in [-0.25, -0.2) is 13.1 Å². The minimum atomic E-state index is -3.52. The summed E-state index contributed by atoms with van der Waals surface area (Å²) in [6.45, 7) is 4.49. The molecule has 1 aromatic carbocycles. The zero-order valence-electron chi connectivity index (χ0n) is 12.4. The van der Waals surface area contributed by atoms with Gasteiger partial charge in [0.25, 0.3) is 0 Å². The standard InChI is InChI=1S/C15H22N2O2S2/c1-10-3-5-12(7-10)9-17-21(18,19)14-8-13(15(16)20)6-4-11(14)2/h4,6,8,10,12,17H,3,5,7,9H2,1-2H3,(H2,16,20). The van der Waals surface area contributed by atoms with Crippen LogP contribution in [0.15, 0.2) is 23.1 Å². The quantitative estimate of drug-likeness (QED) is 0.815. The van der Waals surface area contributed by atoms with Gasteiger partial charge in [0.2, 0.25) is 10.0 Å². The lowest BCUT2D eigenvalue weighted by atomic mass is 10.1. The molecule has 0 radical (unpaired) electrons. The fraction of sp³-hybridized carbons (Fsp3) is 0.533. The number of hydrogen-bond acceptors (Lipinski definition) is 3. The van der Waals surface area contributed by atoms with Crippen molar-refractivity contribution in [1.82, 2.24) is 4.72 Å². The average Bonchev–Trinajstić information content (AvgIpc) is 2.82. The third kappa shape index (κ3) is 4.02. The van der Waals surface area contributed by atoms with Gasteiger partial charge < -0.3 is 5.73 Å². The molecule has 0 amide bonds. The van der Waals surface area contributed by atoms with Crippen LogP contribution in [-0.2, 0) is 10.0 Å². The number of benzene rings is 1. The molecule has 21 heavy (non-hydrogen) atoms. The summed E-state index contributed by atoms with van der Waals surface area (Å²) in [7, 11) is -3.52. The second kappa shape index (κ2) is 6.42. The molecule has 2 unspecified atom stereocenters. The molecule has 2 rings (SSSR count). The normalized spacial score (nSPS) is 22.4. The molecular weight excluding hydrogens is 304 g/mol. The number of nitrogens with two attached hydrogens (primary N) is 1. The maximum atomic E-state index is 12.5. The van der Waals surface area contributed by atoms with E-state index in [2.05, 4.69) is 11.6 Å². The van der Waals surface area contributed by atoms with Crippen LogP contribution in [-0.4, -0.2) is 20.0 Å². The van der Waals surface area contributed by atoms with E-state index in [9.17, 15) is 8.42 Å². The molecule has 1 saturated carbocycles. The van der Waals surface area contributed by atoms with Crippen LogP contribution < -0.4 is 10.5 Å². The first kappa shape index (κ1) is 16.4. The minimum absolute atomic E-state index is 0.205. The monoisotopic (exact) mass is 326 g/mol. The highest BCUT2D eigenvalue weighted by Crippen LogP contribution is 2.30. The zero-order chi connectivity index (χ0) is 15.6. The summed E-state index contributed by atoms with van der Waals surface area (Å²) in [4.78, 5) is 0.468. The Labute approximate surface area is 132 Å². The molecule has 1 aliphatic carbocycles. The highest BCUT2D eigenvalue weighted by Gasteiger charge is 2.24. The maximum absolute atomic E-state index is 12.5. The van der Waals surface area contributed by atoms with Gasteiger partial charge in [-0.2, -0.15) is 0 Å². The number of nitrogens with one attached hydrogen (secondary N) is 1. The Morgan fingerprint density at radius 2 is 2.14 bits per heavy atom. The van der Waals surface area contributed by atoms with Gasteiger partial charge in [-0.05, 0) is 43.2 Å². The molecule has 2 atom stereocenters. The summed E-state index contributed by atoms with van der Waals surface area (Å²) in [6.07, 6.45) is 3.37. The summed E-state index contributed by atoms with van der Waals surface area (Å²) in [5.74, 6) is 1.13. The molecule has 0 saturated heterocycles. The molecule has 0 aromatic heterocycles. The van der Waals surface area contributed by atoms with Crippen LogP contribution in [0.1, 0.15) is 37.3 Å². The Balaban J connectivity index is 2.15. The van der Waals surface area contributed by atoms with Crippen molar-refractivity contribution in [1.29, 1.82) is 0 Å². The number of hydrogen-bond donors (Lipinski definition) is 2. The SMILES string of the molecule is Cc1ccc(C(N)=S)cc1S(=O)(=O)NCC1CCC(C)C1. The number of aryl methyl sites for hydroxylation is 1. The summed E-state index contributed by atoms with van der Waals surface area (Å²) >= 11 is 4.92. The van der Waals surface area contributed by atoms with E-state index in [1.807, 2.05) is 0 Å². The van der Waals surface area contributed by atoms with Crippen molar-refractivity contribution in [3.8, 4) is 0 Å². The largest absolute Gasteiger partial charge is 0.389 e. The molecule has 1 aromatic rings. The number of sulfonamides is 1. The molecule has 3 N–H and O–H groups in total. The topological polar surface area (TPSA) is 72.2 Å². The van der Waals surface area contributed by atoms with Crippen molar-refractivity contribution in [2.45, 2.75) is 38.0 Å². The fourth-order valence-corrected chi connectivity index (χ4v) is 4.37. The molecule has 4 nitrogen and oxygen atoms in total. The lowest BCUT2D eigenvalue weighted by Crippen LogP contribution is -2.29. The Hall–Kier alpha value is -0.980. The first-order valence-electron chi connectivity index (χ1n) is 7.19. The van der Waals surface area contributed by atoms with Crippen LogP contribution >= 0.6 is 12.2 Å². The van der Waals surface area contributed by atoms with Crippen LogP contribution in [0.25, 0.3) is 0 Å². The van der Waals surface area contributed by atoms with E-state index in [4.69, 9.17) is 18.0 Å². The van der Waals surface area contributed by atoms with Gasteiger partial charge >= 0.3 is 0 Å². The smallest absolute Gasteiger partial charge is 0.240 e. The second-order valence-corrected chi connectivity index (χ2v) is 8.16. The first-order chi connectivity index (χ1) is 9.79. The molecule has 0 bridgehead atoms. The van der Waals surface area contributed by atoms with Crippen molar-refractivity contribution in [2.24, 2.45) is 17.6 Å². The Bertz CT molecular complexity index is 641. The average molecular weight is 326 g/mol. The number of thiocarbonyl (C=S) groups is 1. The molecule has 6 heteroatoms. The Kier molecular flexibility index (Phi) is 5.01. The summed E-state index contributed by atoms with van der Waals surface area (Å²) in [5, 5.41) is 0. The van der Waals surface area contributed by atoms with Gasteiger partial charge in [0, 0.05) is 12.1 Å². The van der Waals surface area contributed by atoms with Crippen LogP contribution in [0.4, 0.5) is 0 Å². The molecule has 1 fully saturated rings. The minimum Gasteiger partial charge on any atom is -0.389 e. The second-order valence-electron chi connectivity index (χ2n) is 5.98. The fourth-order valence-electron chi connectivity index (χ4n) is 2.86. The highest BCUT2D eigenvalue weighted by atomic mass is 32.2. The van der Waals surface area contributed by atoms with Crippen LogP contribution in [0.2, 0.25) is 0 Å². The summed E-state index contributed by atoms with van der Waals surface area (Å²) in [6, 6.07) is 5.04. The van der Waals surface area contributed by atoms with Crippen LogP contribution in [0.5, 0.6) is 0 Å². The molecule has 0 spiro atoms. The van der Waals surface area contributed by atoms with Crippen LogP contribution in [0.3, 0.4) is 0 Å². The first-order valence-corrected chi connectivity index (χ1v) is 9.09. The third-order valence-electron chi connectivity index (χ3n) is 4.13. The van der Waals surface area contributed by atoms with Gasteiger partial charge in [0.15, 0.2) is 0 Å². The number of rotatable bonds is 5. The van der Waals surface area contributed by atoms with Crippen molar-refractivity contribution in [3.63, 3.8) is 0 Å². The summed E-state index contributed by atoms with van der Waals surface area (Å²) < 4.78 is 27.7. The molecular formula is C15H22N2O2S2. The van der Waals surface area contributed by atoms with E-state index < -0.39 is 10.0 Å².